The number of rotatable bonds is 4. The molecule has 25 heavy (non-hydrogen) atoms. The largest absolute Gasteiger partial charge is 0.507 e. The van der Waals surface area contributed by atoms with Crippen LogP contribution in [0.4, 0.5) is 5.69 Å². The van der Waals surface area contributed by atoms with Gasteiger partial charge in [-0.3, -0.25) is 4.79 Å². The fourth-order valence-electron chi connectivity index (χ4n) is 3.10. The summed E-state index contributed by atoms with van der Waals surface area (Å²) in [6.45, 7) is 3.46. The van der Waals surface area contributed by atoms with Crippen LogP contribution in [0.15, 0.2) is 48.5 Å². The van der Waals surface area contributed by atoms with Gasteiger partial charge in [-0.25, -0.2) is 0 Å². The summed E-state index contributed by atoms with van der Waals surface area (Å²) in [5.41, 5.74) is 3.17. The quantitative estimate of drug-likeness (QED) is 0.479. The first-order valence-electron chi connectivity index (χ1n) is 8.19. The number of nitrogens with one attached hydrogen (secondary N) is 1. The molecule has 4 heteroatoms. The molecule has 0 saturated carbocycles. The summed E-state index contributed by atoms with van der Waals surface area (Å²) in [4.78, 5) is 11.6. The predicted octanol–water partition coefficient (Wildman–Crippen LogP) is 4.65. The summed E-state index contributed by atoms with van der Waals surface area (Å²) >= 11 is 0. The van der Waals surface area contributed by atoms with Crippen molar-refractivity contribution in [2.75, 3.05) is 12.4 Å². The molecule has 4 nitrogen and oxygen atoms in total. The number of ketones is 1. The van der Waals surface area contributed by atoms with Crippen molar-refractivity contribution in [2.45, 2.75) is 19.8 Å². The number of fused-ring (bicyclic) bond motifs is 1. The lowest BCUT2D eigenvalue weighted by Gasteiger charge is -2.18. The van der Waals surface area contributed by atoms with E-state index in [1.807, 2.05) is 38.2 Å². The van der Waals surface area contributed by atoms with E-state index in [0.29, 0.717) is 21.9 Å². The zero-order chi connectivity index (χ0) is 18.1. The Labute approximate surface area is 146 Å². The van der Waals surface area contributed by atoms with Crippen molar-refractivity contribution in [3.05, 3.63) is 65.2 Å². The third-order valence-corrected chi connectivity index (χ3v) is 4.66. The van der Waals surface area contributed by atoms with E-state index >= 15 is 0 Å². The van der Waals surface area contributed by atoms with Gasteiger partial charge in [-0.1, -0.05) is 25.1 Å². The first kappa shape index (κ1) is 16.8. The molecular weight excluding hydrogens is 314 g/mol. The molecule has 0 heterocycles. The third-order valence-electron chi connectivity index (χ3n) is 4.66. The molecule has 1 unspecified atom stereocenters. The second-order valence-corrected chi connectivity index (χ2v) is 6.25. The van der Waals surface area contributed by atoms with Gasteiger partial charge in [0, 0.05) is 40.6 Å². The normalized spacial score (nSPS) is 12.1. The van der Waals surface area contributed by atoms with E-state index < -0.39 is 0 Å². The Morgan fingerprint density at radius 1 is 1.04 bits per heavy atom. The van der Waals surface area contributed by atoms with Gasteiger partial charge in [0.25, 0.3) is 0 Å². The van der Waals surface area contributed by atoms with Crippen LogP contribution < -0.4 is 5.32 Å². The Morgan fingerprint density at radius 2 is 1.80 bits per heavy atom. The topological polar surface area (TPSA) is 69.6 Å². The SMILES string of the molecule is CNc1cccc(C(C)c2cc(O)c3cc(C(C)=O)ccc3c2O)c1. The monoisotopic (exact) mass is 335 g/mol. The molecule has 0 aliphatic heterocycles. The molecule has 0 saturated heterocycles. The maximum Gasteiger partial charge on any atom is 0.159 e. The van der Waals surface area contributed by atoms with E-state index in [-0.39, 0.29) is 23.2 Å². The highest BCUT2D eigenvalue weighted by molar-refractivity contribution is 6.02. The molecule has 0 radical (unpaired) electrons. The number of carbonyl (C=O) groups is 1. The van der Waals surface area contributed by atoms with Gasteiger partial charge in [0.15, 0.2) is 5.78 Å². The number of phenolic OH excluding ortho intramolecular Hbond substituents is 2. The lowest BCUT2D eigenvalue weighted by Crippen LogP contribution is -1.99. The van der Waals surface area contributed by atoms with Crippen LogP contribution in [0.1, 0.15) is 41.3 Å². The van der Waals surface area contributed by atoms with Crippen molar-refractivity contribution in [1.29, 1.82) is 0 Å². The van der Waals surface area contributed by atoms with Crippen LogP contribution in [0.3, 0.4) is 0 Å². The number of aromatic hydroxyl groups is 2. The van der Waals surface area contributed by atoms with E-state index in [4.69, 9.17) is 0 Å². The second kappa shape index (κ2) is 6.48. The van der Waals surface area contributed by atoms with Crippen LogP contribution in [0, 0.1) is 0 Å². The molecule has 0 fully saturated rings. The van der Waals surface area contributed by atoms with Gasteiger partial charge in [-0.2, -0.15) is 0 Å². The third kappa shape index (κ3) is 3.03. The number of hydrogen-bond acceptors (Lipinski definition) is 4. The summed E-state index contributed by atoms with van der Waals surface area (Å²) in [5.74, 6) is 0.00554. The summed E-state index contributed by atoms with van der Waals surface area (Å²) in [5, 5.41) is 25.3. The number of anilines is 1. The van der Waals surface area contributed by atoms with E-state index in [1.165, 1.54) is 6.92 Å². The smallest absolute Gasteiger partial charge is 0.159 e. The van der Waals surface area contributed by atoms with Crippen LogP contribution >= 0.6 is 0 Å². The van der Waals surface area contributed by atoms with Gasteiger partial charge in [-0.15, -0.1) is 0 Å². The van der Waals surface area contributed by atoms with Crippen LogP contribution in [-0.2, 0) is 0 Å². The highest BCUT2D eigenvalue weighted by Crippen LogP contribution is 2.41. The van der Waals surface area contributed by atoms with Crippen LogP contribution in [0.25, 0.3) is 10.8 Å². The number of phenols is 2. The Balaban J connectivity index is 2.15. The summed E-state index contributed by atoms with van der Waals surface area (Å²) < 4.78 is 0. The van der Waals surface area contributed by atoms with Crippen molar-refractivity contribution >= 4 is 22.2 Å². The van der Waals surface area contributed by atoms with E-state index in [1.54, 1.807) is 24.3 Å². The van der Waals surface area contributed by atoms with Crippen molar-refractivity contribution in [2.24, 2.45) is 0 Å². The molecule has 0 aliphatic carbocycles. The highest BCUT2D eigenvalue weighted by atomic mass is 16.3. The van der Waals surface area contributed by atoms with E-state index in [2.05, 4.69) is 5.32 Å². The Morgan fingerprint density at radius 3 is 2.48 bits per heavy atom. The van der Waals surface area contributed by atoms with Gasteiger partial charge in [-0.05, 0) is 42.8 Å². The van der Waals surface area contributed by atoms with Gasteiger partial charge >= 0.3 is 0 Å². The molecular formula is C21H21NO3. The van der Waals surface area contributed by atoms with Crippen LogP contribution in [-0.4, -0.2) is 23.0 Å². The summed E-state index contributed by atoms with van der Waals surface area (Å²) in [6, 6.07) is 14.5. The zero-order valence-corrected chi connectivity index (χ0v) is 14.5. The standard InChI is InChI=1S/C21H21NO3/c1-12(14-5-4-6-16(9-14)22-3)18-11-20(24)19-10-15(13(2)23)7-8-17(19)21(18)25/h4-12,22,24-25H,1-3H3. The minimum atomic E-state index is -0.101. The first-order chi connectivity index (χ1) is 11.9. The number of benzene rings is 3. The van der Waals surface area contributed by atoms with Gasteiger partial charge in [0.05, 0.1) is 0 Å². The molecule has 0 amide bonds. The average molecular weight is 335 g/mol. The molecule has 0 spiro atoms. The molecule has 3 N–H and O–H groups in total. The molecule has 1 atom stereocenters. The zero-order valence-electron chi connectivity index (χ0n) is 14.5. The van der Waals surface area contributed by atoms with Crippen molar-refractivity contribution < 1.29 is 15.0 Å². The molecule has 128 valence electrons. The minimum absolute atomic E-state index is 0.0579. The van der Waals surface area contributed by atoms with Gasteiger partial charge in [0.1, 0.15) is 11.5 Å². The van der Waals surface area contributed by atoms with Crippen LogP contribution in [0.2, 0.25) is 0 Å². The molecule has 3 aromatic rings. The minimum Gasteiger partial charge on any atom is -0.507 e. The first-order valence-corrected chi connectivity index (χ1v) is 8.19. The lowest BCUT2D eigenvalue weighted by molar-refractivity contribution is 0.101. The van der Waals surface area contributed by atoms with Crippen molar-refractivity contribution in [3.8, 4) is 11.5 Å². The fourth-order valence-corrected chi connectivity index (χ4v) is 3.10. The Kier molecular flexibility index (Phi) is 4.36. The van der Waals surface area contributed by atoms with Crippen LogP contribution in [0.5, 0.6) is 11.5 Å². The van der Waals surface area contributed by atoms with Gasteiger partial charge < -0.3 is 15.5 Å². The summed E-state index contributed by atoms with van der Waals surface area (Å²) in [6.07, 6.45) is 0. The maximum absolute atomic E-state index is 11.6. The average Bonchev–Trinajstić information content (AvgIpc) is 2.63. The maximum atomic E-state index is 11.6. The molecule has 0 aliphatic rings. The van der Waals surface area contributed by atoms with E-state index in [0.717, 1.165) is 11.3 Å². The fraction of sp³-hybridized carbons (Fsp3) is 0.190. The second-order valence-electron chi connectivity index (χ2n) is 6.25. The number of carbonyl (C=O) groups excluding carboxylic acids is 1. The molecule has 3 aromatic carbocycles. The number of hydrogen-bond donors (Lipinski definition) is 3. The van der Waals surface area contributed by atoms with E-state index in [9.17, 15) is 15.0 Å². The van der Waals surface area contributed by atoms with Crippen molar-refractivity contribution in [1.82, 2.24) is 0 Å². The Hall–Kier alpha value is -3.01. The predicted molar refractivity (Wildman–Crippen MR) is 101 cm³/mol. The van der Waals surface area contributed by atoms with Gasteiger partial charge in [0.2, 0.25) is 0 Å². The number of Topliss-reactive ketones (excluding diaryl/α,β-unsaturated/α-hetero) is 1. The highest BCUT2D eigenvalue weighted by Gasteiger charge is 2.18. The lowest BCUT2D eigenvalue weighted by atomic mass is 9.89. The Bertz CT molecular complexity index is 963. The molecule has 0 aromatic heterocycles. The van der Waals surface area contributed by atoms with Crippen molar-refractivity contribution in [3.63, 3.8) is 0 Å². The summed E-state index contributed by atoms with van der Waals surface area (Å²) in [7, 11) is 1.86. The molecule has 0 bridgehead atoms. The molecule has 3 rings (SSSR count).